The first-order valence-corrected chi connectivity index (χ1v) is 6.12. The van der Waals surface area contributed by atoms with E-state index in [1.54, 1.807) is 24.3 Å². The molecule has 5 heteroatoms. The lowest BCUT2D eigenvalue weighted by Crippen LogP contribution is -2.17. The van der Waals surface area contributed by atoms with E-state index < -0.39 is 0 Å². The summed E-state index contributed by atoms with van der Waals surface area (Å²) in [6.07, 6.45) is 2.89. The molecule has 0 saturated carbocycles. The molecule has 0 fully saturated rings. The molecule has 0 atom stereocenters. The predicted molar refractivity (Wildman–Crippen MR) is 76.9 cm³/mol. The molecule has 0 saturated heterocycles. The molecular formula is C15H15N3O2. The Balaban J connectivity index is 2.02. The van der Waals surface area contributed by atoms with E-state index in [0.717, 1.165) is 11.3 Å². The fourth-order valence-electron chi connectivity index (χ4n) is 1.59. The summed E-state index contributed by atoms with van der Waals surface area (Å²) < 4.78 is 0. The molecule has 0 aliphatic carbocycles. The van der Waals surface area contributed by atoms with Crippen LogP contribution >= 0.6 is 0 Å². The maximum atomic E-state index is 11.8. The van der Waals surface area contributed by atoms with Crippen molar-refractivity contribution in [1.82, 2.24) is 10.4 Å². The van der Waals surface area contributed by atoms with E-state index in [-0.39, 0.29) is 11.7 Å². The Morgan fingerprint density at radius 2 is 2.10 bits per heavy atom. The van der Waals surface area contributed by atoms with Gasteiger partial charge in [-0.2, -0.15) is 5.10 Å². The number of carbonyl (C=O) groups excluding carboxylic acids is 1. The Morgan fingerprint density at radius 1 is 1.30 bits per heavy atom. The van der Waals surface area contributed by atoms with Gasteiger partial charge in [-0.3, -0.25) is 9.78 Å². The molecule has 0 aliphatic heterocycles. The number of amides is 1. The van der Waals surface area contributed by atoms with Crippen LogP contribution < -0.4 is 5.43 Å². The zero-order valence-electron chi connectivity index (χ0n) is 11.3. The number of aryl methyl sites for hydroxylation is 2. The molecule has 0 spiro atoms. The molecule has 2 rings (SSSR count). The third-order valence-electron chi connectivity index (χ3n) is 2.73. The highest BCUT2D eigenvalue weighted by atomic mass is 16.3. The Labute approximate surface area is 117 Å². The van der Waals surface area contributed by atoms with Gasteiger partial charge in [0, 0.05) is 17.5 Å². The lowest BCUT2D eigenvalue weighted by Gasteiger charge is -2.01. The van der Waals surface area contributed by atoms with Gasteiger partial charge in [0.25, 0.3) is 5.91 Å². The number of nitrogens with one attached hydrogen (secondary N) is 1. The molecule has 5 nitrogen and oxygen atoms in total. The van der Waals surface area contributed by atoms with E-state index in [0.29, 0.717) is 11.1 Å². The lowest BCUT2D eigenvalue weighted by atomic mass is 10.1. The third-order valence-corrected chi connectivity index (χ3v) is 2.73. The second kappa shape index (κ2) is 5.97. The molecule has 1 amide bonds. The minimum Gasteiger partial charge on any atom is -0.507 e. The van der Waals surface area contributed by atoms with Gasteiger partial charge in [0.2, 0.25) is 0 Å². The zero-order chi connectivity index (χ0) is 14.5. The SMILES string of the molecule is Cc1ccc(/C=N/NC(=O)c2ccc(C)nc2)c(O)c1. The van der Waals surface area contributed by atoms with E-state index in [9.17, 15) is 9.90 Å². The van der Waals surface area contributed by atoms with E-state index in [1.807, 2.05) is 19.9 Å². The average Bonchev–Trinajstić information content (AvgIpc) is 2.42. The third kappa shape index (κ3) is 3.41. The second-order valence-electron chi connectivity index (χ2n) is 4.45. The number of hydrogen-bond acceptors (Lipinski definition) is 4. The van der Waals surface area contributed by atoms with Gasteiger partial charge in [0.15, 0.2) is 0 Å². The van der Waals surface area contributed by atoms with Crippen LogP contribution in [0.5, 0.6) is 5.75 Å². The van der Waals surface area contributed by atoms with Gasteiger partial charge in [-0.25, -0.2) is 5.43 Å². The molecule has 2 N–H and O–H groups in total. The molecule has 0 bridgehead atoms. The average molecular weight is 269 g/mol. The topological polar surface area (TPSA) is 74.6 Å². The van der Waals surface area contributed by atoms with Gasteiger partial charge in [0.1, 0.15) is 5.75 Å². The van der Waals surface area contributed by atoms with Crippen molar-refractivity contribution in [2.45, 2.75) is 13.8 Å². The number of aromatic nitrogens is 1. The summed E-state index contributed by atoms with van der Waals surface area (Å²) in [6, 6.07) is 8.65. The van der Waals surface area contributed by atoms with Crippen molar-refractivity contribution in [3.05, 3.63) is 58.9 Å². The highest BCUT2D eigenvalue weighted by molar-refractivity contribution is 5.94. The first-order valence-electron chi connectivity index (χ1n) is 6.12. The Bertz CT molecular complexity index is 649. The standard InChI is InChI=1S/C15H15N3O2/c1-10-3-5-12(14(19)7-10)9-17-18-15(20)13-6-4-11(2)16-8-13/h3-9,19H,1-2H3,(H,18,20)/b17-9+. The normalized spacial score (nSPS) is 10.7. The van der Waals surface area contributed by atoms with Crippen LogP contribution in [-0.4, -0.2) is 22.2 Å². The van der Waals surface area contributed by atoms with Crippen molar-refractivity contribution in [3.8, 4) is 5.75 Å². The maximum Gasteiger partial charge on any atom is 0.272 e. The number of nitrogens with zero attached hydrogens (tertiary/aromatic N) is 2. The summed E-state index contributed by atoms with van der Waals surface area (Å²) in [7, 11) is 0. The Hall–Kier alpha value is -2.69. The fourth-order valence-corrected chi connectivity index (χ4v) is 1.59. The number of aromatic hydroxyl groups is 1. The number of pyridine rings is 1. The zero-order valence-corrected chi connectivity index (χ0v) is 11.3. The quantitative estimate of drug-likeness (QED) is 0.662. The number of phenolic OH excluding ortho intramolecular Hbond substituents is 1. The number of benzene rings is 1. The molecule has 1 heterocycles. The van der Waals surface area contributed by atoms with Crippen LogP contribution in [0.25, 0.3) is 0 Å². The van der Waals surface area contributed by atoms with Crippen LogP contribution in [-0.2, 0) is 0 Å². The predicted octanol–water partition coefficient (Wildman–Crippen LogP) is 2.17. The van der Waals surface area contributed by atoms with E-state index in [2.05, 4.69) is 15.5 Å². The summed E-state index contributed by atoms with van der Waals surface area (Å²) in [5.41, 5.74) is 5.15. The number of carbonyl (C=O) groups is 1. The van der Waals surface area contributed by atoms with Crippen molar-refractivity contribution < 1.29 is 9.90 Å². The van der Waals surface area contributed by atoms with Crippen LogP contribution in [0.1, 0.15) is 27.2 Å². The van der Waals surface area contributed by atoms with E-state index >= 15 is 0 Å². The minimum absolute atomic E-state index is 0.125. The summed E-state index contributed by atoms with van der Waals surface area (Å²) in [5, 5.41) is 13.5. The summed E-state index contributed by atoms with van der Waals surface area (Å²) in [6.45, 7) is 3.73. The number of phenols is 1. The van der Waals surface area contributed by atoms with E-state index in [4.69, 9.17) is 0 Å². The molecule has 0 radical (unpaired) electrons. The van der Waals surface area contributed by atoms with Gasteiger partial charge in [-0.1, -0.05) is 6.07 Å². The summed E-state index contributed by atoms with van der Waals surface area (Å²) >= 11 is 0. The summed E-state index contributed by atoms with van der Waals surface area (Å²) in [5.74, 6) is -0.222. The van der Waals surface area contributed by atoms with Crippen LogP contribution in [0.4, 0.5) is 0 Å². The molecule has 102 valence electrons. The first-order chi connectivity index (χ1) is 9.56. The highest BCUT2D eigenvalue weighted by Gasteiger charge is 2.04. The van der Waals surface area contributed by atoms with Crippen molar-refractivity contribution >= 4 is 12.1 Å². The Morgan fingerprint density at radius 3 is 2.75 bits per heavy atom. The van der Waals surface area contributed by atoms with Crippen LogP contribution in [0.3, 0.4) is 0 Å². The van der Waals surface area contributed by atoms with Crippen LogP contribution in [0, 0.1) is 13.8 Å². The van der Waals surface area contributed by atoms with Crippen molar-refractivity contribution in [1.29, 1.82) is 0 Å². The first kappa shape index (κ1) is 13.7. The molecule has 1 aromatic heterocycles. The Kier molecular flexibility index (Phi) is 4.10. The molecule has 20 heavy (non-hydrogen) atoms. The van der Waals surface area contributed by atoms with Crippen LogP contribution in [0.2, 0.25) is 0 Å². The van der Waals surface area contributed by atoms with Crippen molar-refractivity contribution in [2.75, 3.05) is 0 Å². The maximum absolute atomic E-state index is 11.8. The van der Waals surface area contributed by atoms with Crippen molar-refractivity contribution in [2.24, 2.45) is 5.10 Å². The minimum atomic E-state index is -0.347. The smallest absolute Gasteiger partial charge is 0.272 e. The monoisotopic (exact) mass is 269 g/mol. The van der Waals surface area contributed by atoms with Gasteiger partial charge < -0.3 is 5.11 Å². The number of hydrazone groups is 1. The van der Waals surface area contributed by atoms with Gasteiger partial charge in [-0.15, -0.1) is 0 Å². The molecule has 2 aromatic rings. The molecule has 1 aromatic carbocycles. The van der Waals surface area contributed by atoms with Crippen LogP contribution in [0.15, 0.2) is 41.6 Å². The van der Waals surface area contributed by atoms with Crippen molar-refractivity contribution in [3.63, 3.8) is 0 Å². The highest BCUT2D eigenvalue weighted by Crippen LogP contribution is 2.15. The van der Waals surface area contributed by atoms with Gasteiger partial charge in [-0.05, 0) is 43.7 Å². The molecule has 0 aliphatic rings. The number of hydrogen-bond donors (Lipinski definition) is 2. The van der Waals surface area contributed by atoms with Gasteiger partial charge >= 0.3 is 0 Å². The largest absolute Gasteiger partial charge is 0.507 e. The fraction of sp³-hybridized carbons (Fsp3) is 0.133. The molecular weight excluding hydrogens is 254 g/mol. The summed E-state index contributed by atoms with van der Waals surface area (Å²) in [4.78, 5) is 15.8. The second-order valence-corrected chi connectivity index (χ2v) is 4.45. The lowest BCUT2D eigenvalue weighted by molar-refractivity contribution is 0.0954. The molecule has 0 unspecified atom stereocenters. The van der Waals surface area contributed by atoms with Gasteiger partial charge in [0.05, 0.1) is 11.8 Å². The van der Waals surface area contributed by atoms with E-state index in [1.165, 1.54) is 12.4 Å². The number of rotatable bonds is 3.